The molecule has 3 aromatic rings. The number of nitrogens with one attached hydrogen (secondary N) is 2. The van der Waals surface area contributed by atoms with E-state index in [1.54, 1.807) is 85.4 Å². The van der Waals surface area contributed by atoms with Crippen LogP contribution in [0.25, 0.3) is 0 Å². The Morgan fingerprint density at radius 2 is 1.06 bits per heavy atom. The van der Waals surface area contributed by atoms with Gasteiger partial charge in [0.1, 0.15) is 0 Å². The number of nitrogens with zero attached hydrogens (tertiary/aromatic N) is 3. The fraction of sp³-hybridized carbons (Fsp3) is 0.261. The molecule has 0 atom stereocenters. The molecule has 0 aliphatic heterocycles. The van der Waals surface area contributed by atoms with Crippen LogP contribution in [0.4, 0.5) is 11.7 Å². The highest BCUT2D eigenvalue weighted by Crippen LogP contribution is 2.38. The molecular formula is C23H27N5O7. The van der Waals surface area contributed by atoms with Crippen LogP contribution in [0, 0.1) is 0 Å². The van der Waals surface area contributed by atoms with Crippen LogP contribution in [0.1, 0.15) is 11.1 Å². The van der Waals surface area contributed by atoms with Gasteiger partial charge in [-0.3, -0.25) is 5.43 Å². The maximum atomic E-state index is 5.34. The highest BCUT2D eigenvalue weighted by molar-refractivity contribution is 5.83. The molecule has 1 heterocycles. The van der Waals surface area contributed by atoms with Gasteiger partial charge in [-0.15, -0.1) is 0 Å². The van der Waals surface area contributed by atoms with E-state index in [4.69, 9.17) is 32.9 Å². The van der Waals surface area contributed by atoms with Crippen LogP contribution < -0.4 is 39.3 Å². The van der Waals surface area contributed by atoms with Crippen LogP contribution in [0.2, 0.25) is 0 Å². The van der Waals surface area contributed by atoms with E-state index in [9.17, 15) is 0 Å². The molecule has 0 aliphatic rings. The Balaban J connectivity index is 1.64. The molecule has 0 aliphatic carbocycles. The van der Waals surface area contributed by atoms with Gasteiger partial charge in [0.25, 0.3) is 0 Å². The average molecular weight is 485 g/mol. The van der Waals surface area contributed by atoms with Crippen molar-refractivity contribution < 1.29 is 32.9 Å². The number of rotatable bonds is 12. The summed E-state index contributed by atoms with van der Waals surface area (Å²) in [6.45, 7) is 0. The Labute approximate surface area is 202 Å². The van der Waals surface area contributed by atoms with Crippen LogP contribution in [-0.4, -0.2) is 60.2 Å². The lowest BCUT2D eigenvalue weighted by molar-refractivity contribution is 0.324. The number of benzene rings is 2. The second-order valence-corrected chi connectivity index (χ2v) is 6.73. The number of hydrazone groups is 2. The molecule has 3 rings (SSSR count). The fourth-order valence-electron chi connectivity index (χ4n) is 3.08. The SMILES string of the molecule is COc1cc(/C=N/Nc2cc(N/N=C/c3cc(OC)c(OC)c(OC)c3)on2)cc(OC)c1OC. The van der Waals surface area contributed by atoms with Crippen molar-refractivity contribution in [2.75, 3.05) is 53.5 Å². The zero-order valence-electron chi connectivity index (χ0n) is 20.2. The van der Waals surface area contributed by atoms with Crippen LogP contribution in [0.3, 0.4) is 0 Å². The predicted octanol–water partition coefficient (Wildman–Crippen LogP) is 3.62. The molecule has 1 aromatic heterocycles. The summed E-state index contributed by atoms with van der Waals surface area (Å²) in [5, 5.41) is 12.2. The van der Waals surface area contributed by atoms with E-state index in [2.05, 4.69) is 26.2 Å². The van der Waals surface area contributed by atoms with Gasteiger partial charge >= 0.3 is 0 Å². The van der Waals surface area contributed by atoms with Gasteiger partial charge in [-0.25, -0.2) is 5.43 Å². The molecule has 2 N–H and O–H groups in total. The lowest BCUT2D eigenvalue weighted by Crippen LogP contribution is -1.97. The van der Waals surface area contributed by atoms with Crippen molar-refractivity contribution in [2.24, 2.45) is 10.2 Å². The molecule has 0 radical (unpaired) electrons. The molecule has 0 spiro atoms. The van der Waals surface area contributed by atoms with E-state index in [0.29, 0.717) is 46.2 Å². The third-order valence-corrected chi connectivity index (χ3v) is 4.67. The first-order valence-electron chi connectivity index (χ1n) is 10.2. The van der Waals surface area contributed by atoms with Crippen molar-refractivity contribution in [3.63, 3.8) is 0 Å². The van der Waals surface area contributed by atoms with Gasteiger partial charge in [-0.05, 0) is 24.3 Å². The average Bonchev–Trinajstić information content (AvgIpc) is 3.34. The van der Waals surface area contributed by atoms with Crippen LogP contribution in [-0.2, 0) is 0 Å². The third kappa shape index (κ3) is 6.05. The Kier molecular flexibility index (Phi) is 8.59. The standard InChI is InChI=1S/C23H27N5O7/c1-29-16-7-14(8-17(30-2)22(16)33-5)12-24-26-20-11-21(35-28-20)27-25-13-15-9-18(31-3)23(34-6)19(10-15)32-4/h7-13,27H,1-6H3,(H,26,28)/b24-12+,25-13+. The van der Waals surface area contributed by atoms with Crippen molar-refractivity contribution in [2.45, 2.75) is 0 Å². The Morgan fingerprint density at radius 3 is 1.46 bits per heavy atom. The number of aromatic nitrogens is 1. The molecule has 0 bridgehead atoms. The van der Waals surface area contributed by atoms with Crippen molar-refractivity contribution in [3.8, 4) is 34.5 Å². The van der Waals surface area contributed by atoms with E-state index in [1.807, 2.05) is 0 Å². The van der Waals surface area contributed by atoms with Gasteiger partial charge in [0.05, 0.1) is 61.2 Å². The number of methoxy groups -OCH3 is 6. The fourth-order valence-corrected chi connectivity index (χ4v) is 3.08. The first-order valence-corrected chi connectivity index (χ1v) is 10.2. The number of anilines is 2. The molecule has 0 unspecified atom stereocenters. The summed E-state index contributed by atoms with van der Waals surface area (Å²) in [6, 6.07) is 8.65. The largest absolute Gasteiger partial charge is 0.493 e. The van der Waals surface area contributed by atoms with Crippen molar-refractivity contribution in [1.29, 1.82) is 0 Å². The molecule has 0 fully saturated rings. The molecule has 0 amide bonds. The van der Waals surface area contributed by atoms with Gasteiger partial charge in [-0.1, -0.05) is 5.16 Å². The summed E-state index contributed by atoms with van der Waals surface area (Å²) in [7, 11) is 9.27. The summed E-state index contributed by atoms with van der Waals surface area (Å²) in [5.41, 5.74) is 6.99. The molecule has 35 heavy (non-hydrogen) atoms. The molecule has 2 aromatic carbocycles. The summed E-state index contributed by atoms with van der Waals surface area (Å²) < 4.78 is 37.2. The van der Waals surface area contributed by atoms with E-state index in [-0.39, 0.29) is 0 Å². The predicted molar refractivity (Wildman–Crippen MR) is 131 cm³/mol. The Bertz CT molecular complexity index is 1050. The normalized spacial score (nSPS) is 10.9. The minimum Gasteiger partial charge on any atom is -0.493 e. The summed E-state index contributed by atoms with van der Waals surface area (Å²) in [5.74, 6) is 3.75. The van der Waals surface area contributed by atoms with Crippen molar-refractivity contribution >= 4 is 24.1 Å². The highest BCUT2D eigenvalue weighted by atomic mass is 16.5. The third-order valence-electron chi connectivity index (χ3n) is 4.67. The molecule has 12 heteroatoms. The van der Waals surface area contributed by atoms with Gasteiger partial charge in [-0.2, -0.15) is 10.2 Å². The smallest absolute Gasteiger partial charge is 0.247 e. The monoisotopic (exact) mass is 485 g/mol. The maximum absolute atomic E-state index is 5.34. The van der Waals surface area contributed by atoms with Gasteiger partial charge in [0, 0.05) is 11.1 Å². The first-order chi connectivity index (χ1) is 17.1. The molecule has 12 nitrogen and oxygen atoms in total. The molecule has 186 valence electrons. The van der Waals surface area contributed by atoms with E-state index in [0.717, 1.165) is 11.1 Å². The highest BCUT2D eigenvalue weighted by Gasteiger charge is 2.13. The maximum Gasteiger partial charge on any atom is 0.247 e. The van der Waals surface area contributed by atoms with Crippen LogP contribution in [0.15, 0.2) is 45.1 Å². The zero-order valence-corrected chi connectivity index (χ0v) is 20.2. The van der Waals surface area contributed by atoms with E-state index in [1.165, 1.54) is 0 Å². The van der Waals surface area contributed by atoms with Gasteiger partial charge in [0.2, 0.25) is 17.4 Å². The molecule has 0 saturated heterocycles. The number of hydrogen-bond donors (Lipinski definition) is 2. The first kappa shape index (κ1) is 25.0. The zero-order chi connectivity index (χ0) is 25.2. The molecule has 0 saturated carbocycles. The summed E-state index contributed by atoms with van der Waals surface area (Å²) in [4.78, 5) is 0. The van der Waals surface area contributed by atoms with Gasteiger partial charge < -0.3 is 32.9 Å². The Hall–Kier alpha value is -4.61. The van der Waals surface area contributed by atoms with Crippen LogP contribution in [0.5, 0.6) is 34.5 Å². The second-order valence-electron chi connectivity index (χ2n) is 6.73. The summed E-state index contributed by atoms with van der Waals surface area (Å²) >= 11 is 0. The second kappa shape index (κ2) is 12.0. The number of hydrogen-bond acceptors (Lipinski definition) is 12. The quantitative estimate of drug-likeness (QED) is 0.290. The van der Waals surface area contributed by atoms with Crippen molar-refractivity contribution in [3.05, 3.63) is 41.5 Å². The summed E-state index contributed by atoms with van der Waals surface area (Å²) in [6.07, 6.45) is 3.15. The van der Waals surface area contributed by atoms with E-state index >= 15 is 0 Å². The van der Waals surface area contributed by atoms with Crippen molar-refractivity contribution in [1.82, 2.24) is 5.16 Å². The topological polar surface area (TPSA) is 130 Å². The minimum absolute atomic E-state index is 0.305. The number of ether oxygens (including phenoxy) is 6. The van der Waals surface area contributed by atoms with Crippen LogP contribution >= 0.6 is 0 Å². The Morgan fingerprint density at radius 1 is 0.629 bits per heavy atom. The minimum atomic E-state index is 0.305. The molecular weight excluding hydrogens is 458 g/mol. The lowest BCUT2D eigenvalue weighted by Gasteiger charge is -2.12. The lowest BCUT2D eigenvalue weighted by atomic mass is 10.2. The van der Waals surface area contributed by atoms with Gasteiger partial charge in [0.15, 0.2) is 28.8 Å². The van der Waals surface area contributed by atoms with E-state index < -0.39 is 0 Å².